The van der Waals surface area contributed by atoms with Crippen molar-refractivity contribution in [2.45, 2.75) is 0 Å². The zero-order valence-electron chi connectivity index (χ0n) is 7.65. The van der Waals surface area contributed by atoms with Gasteiger partial charge in [0.05, 0.1) is 4.92 Å². The van der Waals surface area contributed by atoms with Crippen LogP contribution in [0.25, 0.3) is 0 Å². The average molecular weight is 233 g/mol. The van der Waals surface area contributed by atoms with E-state index in [1.165, 1.54) is 0 Å². The summed E-state index contributed by atoms with van der Waals surface area (Å²) in [7, 11) is 0. The molecule has 1 aromatic rings. The van der Waals surface area contributed by atoms with E-state index in [2.05, 4.69) is 4.74 Å². The van der Waals surface area contributed by atoms with Gasteiger partial charge in [-0.15, -0.1) is 0 Å². The Morgan fingerprint density at radius 3 is 2.62 bits per heavy atom. The molecule has 1 N–H and O–H groups in total. The summed E-state index contributed by atoms with van der Waals surface area (Å²) in [5, 5.41) is 18.7. The lowest BCUT2D eigenvalue weighted by atomic mass is 10.2. The van der Waals surface area contributed by atoms with Crippen LogP contribution in [0.3, 0.4) is 0 Å². The molecule has 0 aromatic heterocycles. The second-order valence-electron chi connectivity index (χ2n) is 2.67. The van der Waals surface area contributed by atoms with Gasteiger partial charge in [0.15, 0.2) is 6.61 Å². The number of carboxylic acids is 1. The predicted molar refractivity (Wildman–Crippen MR) is 46.1 cm³/mol. The van der Waals surface area contributed by atoms with Crippen LogP contribution < -0.4 is 4.74 Å². The summed E-state index contributed by atoms with van der Waals surface area (Å²) in [5.41, 5.74) is -1.09. The van der Waals surface area contributed by atoms with Crippen LogP contribution in [0.5, 0.6) is 5.75 Å². The van der Waals surface area contributed by atoms with Gasteiger partial charge in [-0.05, 0) is 0 Å². The van der Waals surface area contributed by atoms with Crippen LogP contribution in [-0.2, 0) is 4.79 Å². The van der Waals surface area contributed by atoms with E-state index in [1.54, 1.807) is 0 Å². The van der Waals surface area contributed by atoms with Gasteiger partial charge in [0.2, 0.25) is 11.6 Å². The molecule has 0 bridgehead atoms. The lowest BCUT2D eigenvalue weighted by Crippen LogP contribution is -2.11. The quantitative estimate of drug-likeness (QED) is 0.625. The normalized spacial score (nSPS) is 9.88. The molecule has 0 aliphatic rings. The number of hydrogen-bond donors (Lipinski definition) is 1. The summed E-state index contributed by atoms with van der Waals surface area (Å²) < 4.78 is 30.1. The maximum absolute atomic E-state index is 13.0. The molecular weight excluding hydrogens is 228 g/mol. The van der Waals surface area contributed by atoms with E-state index in [9.17, 15) is 23.7 Å². The molecule has 86 valence electrons. The van der Waals surface area contributed by atoms with Crippen molar-refractivity contribution in [3.05, 3.63) is 33.9 Å². The van der Waals surface area contributed by atoms with Gasteiger partial charge in [-0.25, -0.2) is 9.18 Å². The fraction of sp³-hybridized carbons (Fsp3) is 0.125. The van der Waals surface area contributed by atoms with Gasteiger partial charge in [-0.1, -0.05) is 0 Å². The van der Waals surface area contributed by atoms with Gasteiger partial charge >= 0.3 is 11.7 Å². The monoisotopic (exact) mass is 233 g/mol. The van der Waals surface area contributed by atoms with Crippen molar-refractivity contribution in [2.24, 2.45) is 0 Å². The zero-order valence-corrected chi connectivity index (χ0v) is 7.65. The van der Waals surface area contributed by atoms with E-state index in [0.717, 1.165) is 0 Å². The number of nitro groups is 1. The number of carbonyl (C=O) groups is 1. The summed E-state index contributed by atoms with van der Waals surface area (Å²) >= 11 is 0. The first-order valence-electron chi connectivity index (χ1n) is 3.90. The minimum absolute atomic E-state index is 0.311. The van der Waals surface area contributed by atoms with Crippen LogP contribution in [0.1, 0.15) is 0 Å². The number of carboxylic acid groups (broad SMARTS) is 1. The largest absolute Gasteiger partial charge is 0.479 e. The smallest absolute Gasteiger partial charge is 0.346 e. The standard InChI is InChI=1S/C8H5F2NO5/c9-4-1-5(10)8(11(14)15)6(2-4)16-3-7(12)13/h1-2H,3H2,(H,12,13). The van der Waals surface area contributed by atoms with E-state index in [-0.39, 0.29) is 0 Å². The Kier molecular flexibility index (Phi) is 3.33. The molecule has 8 heteroatoms. The van der Waals surface area contributed by atoms with Crippen LogP contribution >= 0.6 is 0 Å². The Labute approximate surface area is 87.2 Å². The molecule has 0 amide bonds. The minimum atomic E-state index is -1.43. The van der Waals surface area contributed by atoms with Crippen molar-refractivity contribution < 1.29 is 28.3 Å². The molecule has 0 aliphatic heterocycles. The van der Waals surface area contributed by atoms with Gasteiger partial charge in [0.25, 0.3) is 0 Å². The Morgan fingerprint density at radius 2 is 2.12 bits per heavy atom. The fourth-order valence-corrected chi connectivity index (χ4v) is 0.969. The van der Waals surface area contributed by atoms with E-state index in [0.29, 0.717) is 12.1 Å². The minimum Gasteiger partial charge on any atom is -0.479 e. The average Bonchev–Trinajstić information content (AvgIpc) is 2.12. The number of nitrogens with zero attached hydrogens (tertiary/aromatic N) is 1. The van der Waals surface area contributed by atoms with Crippen molar-refractivity contribution in [3.63, 3.8) is 0 Å². The van der Waals surface area contributed by atoms with Crippen molar-refractivity contribution in [1.82, 2.24) is 0 Å². The highest BCUT2D eigenvalue weighted by atomic mass is 19.1. The summed E-state index contributed by atoms with van der Waals surface area (Å²) in [6.45, 7) is -0.927. The molecule has 0 saturated carbocycles. The van der Waals surface area contributed by atoms with Crippen molar-refractivity contribution in [2.75, 3.05) is 6.61 Å². The SMILES string of the molecule is O=C(O)COc1cc(F)cc(F)c1[N+](=O)[O-]. The van der Waals surface area contributed by atoms with Crippen LogP contribution in [0, 0.1) is 21.7 Å². The molecule has 0 aliphatic carbocycles. The lowest BCUT2D eigenvalue weighted by molar-refractivity contribution is -0.388. The number of ether oxygens (including phenoxy) is 1. The Bertz CT molecular complexity index is 448. The first kappa shape index (κ1) is 11.8. The van der Waals surface area contributed by atoms with Crippen molar-refractivity contribution in [1.29, 1.82) is 0 Å². The highest BCUT2D eigenvalue weighted by Crippen LogP contribution is 2.30. The molecule has 0 radical (unpaired) electrons. The molecule has 0 saturated heterocycles. The number of rotatable bonds is 4. The molecule has 1 aromatic carbocycles. The summed E-state index contributed by atoms with van der Waals surface area (Å²) in [6.07, 6.45) is 0. The molecule has 1 rings (SSSR count). The molecule has 6 nitrogen and oxygen atoms in total. The van der Waals surface area contributed by atoms with Crippen LogP contribution in [0.2, 0.25) is 0 Å². The maximum Gasteiger partial charge on any atom is 0.346 e. The van der Waals surface area contributed by atoms with Gasteiger partial charge in [0, 0.05) is 12.1 Å². The second kappa shape index (κ2) is 4.51. The van der Waals surface area contributed by atoms with Crippen LogP contribution in [-0.4, -0.2) is 22.6 Å². The number of benzene rings is 1. The summed E-state index contributed by atoms with van der Waals surface area (Å²) in [6, 6.07) is 0.857. The number of halogens is 2. The van der Waals surface area contributed by atoms with Crippen molar-refractivity contribution in [3.8, 4) is 5.75 Å². The topological polar surface area (TPSA) is 89.7 Å². The van der Waals surface area contributed by atoms with Gasteiger partial charge in [0.1, 0.15) is 5.82 Å². The van der Waals surface area contributed by atoms with E-state index >= 15 is 0 Å². The maximum atomic E-state index is 13.0. The van der Waals surface area contributed by atoms with Gasteiger partial charge < -0.3 is 9.84 Å². The van der Waals surface area contributed by atoms with Crippen LogP contribution in [0.15, 0.2) is 12.1 Å². The molecule has 16 heavy (non-hydrogen) atoms. The van der Waals surface area contributed by atoms with Crippen molar-refractivity contribution >= 4 is 11.7 Å². The third-order valence-electron chi connectivity index (χ3n) is 1.53. The van der Waals surface area contributed by atoms with E-state index in [1.807, 2.05) is 0 Å². The number of hydrogen-bond acceptors (Lipinski definition) is 4. The van der Waals surface area contributed by atoms with E-state index < -0.39 is 40.6 Å². The molecule has 0 atom stereocenters. The molecular formula is C8H5F2NO5. The Hall–Kier alpha value is -2.25. The Balaban J connectivity index is 3.13. The van der Waals surface area contributed by atoms with Crippen LogP contribution in [0.4, 0.5) is 14.5 Å². The zero-order chi connectivity index (χ0) is 12.3. The highest BCUT2D eigenvalue weighted by molar-refractivity contribution is 5.68. The van der Waals surface area contributed by atoms with E-state index in [4.69, 9.17) is 5.11 Å². The van der Waals surface area contributed by atoms with Gasteiger partial charge in [-0.3, -0.25) is 10.1 Å². The van der Waals surface area contributed by atoms with Gasteiger partial charge in [-0.2, -0.15) is 4.39 Å². The molecule has 0 heterocycles. The second-order valence-corrected chi connectivity index (χ2v) is 2.67. The Morgan fingerprint density at radius 1 is 1.50 bits per heavy atom. The highest BCUT2D eigenvalue weighted by Gasteiger charge is 2.23. The fourth-order valence-electron chi connectivity index (χ4n) is 0.969. The third kappa shape index (κ3) is 2.62. The summed E-state index contributed by atoms with van der Waals surface area (Å²) in [5.74, 6) is -4.70. The number of nitro benzene ring substituents is 1. The third-order valence-corrected chi connectivity index (χ3v) is 1.53. The molecule has 0 fully saturated rings. The molecule has 0 unspecified atom stereocenters. The lowest BCUT2D eigenvalue weighted by Gasteiger charge is -2.04. The molecule has 0 spiro atoms. The number of aliphatic carboxylic acids is 1. The summed E-state index contributed by atoms with van der Waals surface area (Å²) in [4.78, 5) is 19.4. The first-order chi connectivity index (χ1) is 7.41. The first-order valence-corrected chi connectivity index (χ1v) is 3.90. The predicted octanol–water partition coefficient (Wildman–Crippen LogP) is 1.34.